The normalized spacial score (nSPS) is 10.6. The van der Waals surface area contributed by atoms with Gasteiger partial charge in [-0.15, -0.1) is 0 Å². The van der Waals surface area contributed by atoms with E-state index >= 15 is 0 Å². The molecule has 0 radical (unpaired) electrons. The summed E-state index contributed by atoms with van der Waals surface area (Å²) in [5.41, 5.74) is -0.616. The molecule has 4 N–H and O–H groups in total. The van der Waals surface area contributed by atoms with Gasteiger partial charge in [-0.3, -0.25) is 9.59 Å². The number of amides is 1. The van der Waals surface area contributed by atoms with Crippen LogP contribution >= 0.6 is 0 Å². The van der Waals surface area contributed by atoms with Gasteiger partial charge in [0.15, 0.2) is 0 Å². The van der Waals surface area contributed by atoms with E-state index in [2.05, 4.69) is 25.6 Å². The Morgan fingerprint density at radius 1 is 1.29 bits per heavy atom. The van der Waals surface area contributed by atoms with Gasteiger partial charge in [-0.1, -0.05) is 0 Å². The smallest absolute Gasteiger partial charge is 0.265 e. The van der Waals surface area contributed by atoms with E-state index in [-0.39, 0.29) is 22.3 Å². The Kier molecular flexibility index (Phi) is 3.82. The molecule has 1 amide bonds. The summed E-state index contributed by atoms with van der Waals surface area (Å²) in [6.45, 7) is 0. The van der Waals surface area contributed by atoms with E-state index in [1.54, 1.807) is 7.05 Å². The predicted octanol–water partition coefficient (Wildman–Crippen LogP) is 1.46. The highest BCUT2D eigenvalue weighted by molar-refractivity contribution is 6.09. The fraction of sp³-hybridized carbons (Fsp3) is 0.0667. The number of carbonyl (C=O) groups is 1. The number of benzene rings is 1. The minimum atomic E-state index is -0.860. The molecule has 9 heteroatoms. The molecule has 0 aliphatic carbocycles. The SMILES string of the molecule is CNc1cc(F)cc2c(O)c(C(=O)Nc3cncnc3)c(=O)[nH]c12. The third-order valence-corrected chi connectivity index (χ3v) is 3.38. The number of pyridine rings is 1. The quantitative estimate of drug-likeness (QED) is 0.577. The maximum atomic E-state index is 13.7. The summed E-state index contributed by atoms with van der Waals surface area (Å²) in [5.74, 6) is -2.10. The second-order valence-electron chi connectivity index (χ2n) is 4.88. The van der Waals surface area contributed by atoms with Crippen molar-refractivity contribution in [3.05, 3.63) is 52.6 Å². The third kappa shape index (κ3) is 2.62. The summed E-state index contributed by atoms with van der Waals surface area (Å²) in [6, 6.07) is 2.20. The first-order valence-electron chi connectivity index (χ1n) is 6.84. The highest BCUT2D eigenvalue weighted by Gasteiger charge is 2.21. The number of anilines is 2. The molecule has 0 bridgehead atoms. The Balaban J connectivity index is 2.15. The minimum absolute atomic E-state index is 0.00779. The summed E-state index contributed by atoms with van der Waals surface area (Å²) in [7, 11) is 1.54. The molecule has 0 atom stereocenters. The van der Waals surface area contributed by atoms with Gasteiger partial charge in [0.1, 0.15) is 23.5 Å². The fourth-order valence-corrected chi connectivity index (χ4v) is 2.31. The Hall–Kier alpha value is -3.49. The third-order valence-electron chi connectivity index (χ3n) is 3.38. The molecule has 0 aliphatic heterocycles. The van der Waals surface area contributed by atoms with E-state index < -0.39 is 28.6 Å². The summed E-state index contributed by atoms with van der Waals surface area (Å²) in [4.78, 5) is 34.4. The average Bonchev–Trinajstić information content (AvgIpc) is 2.56. The number of hydrogen-bond donors (Lipinski definition) is 4. The molecule has 0 aliphatic rings. The molecule has 0 fully saturated rings. The number of H-pyrrole nitrogens is 1. The molecule has 0 saturated carbocycles. The highest BCUT2D eigenvalue weighted by Crippen LogP contribution is 2.30. The molecule has 8 nitrogen and oxygen atoms in total. The zero-order valence-electron chi connectivity index (χ0n) is 12.4. The number of halogens is 1. The summed E-state index contributed by atoms with van der Waals surface area (Å²) >= 11 is 0. The maximum absolute atomic E-state index is 13.7. The first kappa shape index (κ1) is 15.4. The lowest BCUT2D eigenvalue weighted by atomic mass is 10.1. The number of aromatic nitrogens is 3. The molecular weight excluding hydrogens is 317 g/mol. The van der Waals surface area contributed by atoms with Gasteiger partial charge in [0, 0.05) is 12.4 Å². The lowest BCUT2D eigenvalue weighted by molar-refractivity contribution is 0.102. The Bertz CT molecular complexity index is 988. The van der Waals surface area contributed by atoms with Crippen molar-refractivity contribution in [2.24, 2.45) is 0 Å². The Morgan fingerprint density at radius 3 is 2.67 bits per heavy atom. The standard InChI is InChI=1S/C15H12FN5O3/c1-17-10-3-7(16)2-9-12(10)21-15(24)11(13(9)22)14(23)20-8-4-18-6-19-5-8/h2-6,17H,1H3,(H,20,23)(H2,21,22,24). The Morgan fingerprint density at radius 2 is 2.00 bits per heavy atom. The zero-order chi connectivity index (χ0) is 17.3. The van der Waals surface area contributed by atoms with Gasteiger partial charge < -0.3 is 20.7 Å². The van der Waals surface area contributed by atoms with E-state index in [0.717, 1.165) is 6.07 Å². The second-order valence-corrected chi connectivity index (χ2v) is 4.88. The molecule has 2 aromatic heterocycles. The van der Waals surface area contributed by atoms with Gasteiger partial charge in [0.05, 0.1) is 29.3 Å². The lowest BCUT2D eigenvalue weighted by Crippen LogP contribution is -2.23. The highest BCUT2D eigenvalue weighted by atomic mass is 19.1. The minimum Gasteiger partial charge on any atom is -0.506 e. The molecule has 0 saturated heterocycles. The molecule has 3 rings (SSSR count). The zero-order valence-corrected chi connectivity index (χ0v) is 12.4. The monoisotopic (exact) mass is 329 g/mol. The van der Waals surface area contributed by atoms with Gasteiger partial charge in [-0.05, 0) is 12.1 Å². The van der Waals surface area contributed by atoms with Crippen molar-refractivity contribution in [2.45, 2.75) is 0 Å². The van der Waals surface area contributed by atoms with Crippen molar-refractivity contribution >= 4 is 28.2 Å². The summed E-state index contributed by atoms with van der Waals surface area (Å²) < 4.78 is 13.7. The molecule has 24 heavy (non-hydrogen) atoms. The predicted molar refractivity (Wildman–Crippen MR) is 85.7 cm³/mol. The number of nitrogens with zero attached hydrogens (tertiary/aromatic N) is 2. The number of nitrogens with one attached hydrogen (secondary N) is 3. The van der Waals surface area contributed by atoms with Crippen LogP contribution in [0.3, 0.4) is 0 Å². The van der Waals surface area contributed by atoms with E-state index in [1.165, 1.54) is 24.8 Å². The second kappa shape index (κ2) is 5.95. The summed E-state index contributed by atoms with van der Waals surface area (Å²) in [5, 5.41) is 15.4. The lowest BCUT2D eigenvalue weighted by Gasteiger charge is -2.11. The van der Waals surface area contributed by atoms with Crippen molar-refractivity contribution in [2.75, 3.05) is 17.7 Å². The van der Waals surface area contributed by atoms with E-state index in [4.69, 9.17) is 0 Å². The van der Waals surface area contributed by atoms with Gasteiger partial charge in [0.2, 0.25) is 0 Å². The van der Waals surface area contributed by atoms with Crippen LogP contribution in [0.2, 0.25) is 0 Å². The van der Waals surface area contributed by atoms with Crippen molar-refractivity contribution in [3.63, 3.8) is 0 Å². The molecule has 3 aromatic rings. The summed E-state index contributed by atoms with van der Waals surface area (Å²) in [6.07, 6.45) is 3.93. The van der Waals surface area contributed by atoms with E-state index in [1.807, 2.05) is 0 Å². The molecule has 0 spiro atoms. The Labute approximate surface area is 134 Å². The molecular formula is C15H12FN5O3. The van der Waals surface area contributed by atoms with Gasteiger partial charge >= 0.3 is 0 Å². The van der Waals surface area contributed by atoms with Crippen LogP contribution in [0.15, 0.2) is 35.6 Å². The topological polar surface area (TPSA) is 120 Å². The van der Waals surface area contributed by atoms with Crippen molar-refractivity contribution in [3.8, 4) is 5.75 Å². The van der Waals surface area contributed by atoms with Crippen LogP contribution in [-0.2, 0) is 0 Å². The maximum Gasteiger partial charge on any atom is 0.265 e. The van der Waals surface area contributed by atoms with Crippen LogP contribution in [0.5, 0.6) is 5.75 Å². The molecule has 1 aromatic carbocycles. The van der Waals surface area contributed by atoms with Crippen molar-refractivity contribution < 1.29 is 14.3 Å². The van der Waals surface area contributed by atoms with E-state index in [0.29, 0.717) is 0 Å². The van der Waals surface area contributed by atoms with Gasteiger partial charge in [-0.25, -0.2) is 14.4 Å². The van der Waals surface area contributed by atoms with Gasteiger partial charge in [0.25, 0.3) is 11.5 Å². The largest absolute Gasteiger partial charge is 0.506 e. The van der Waals surface area contributed by atoms with Crippen LogP contribution in [0.4, 0.5) is 15.8 Å². The first-order valence-corrected chi connectivity index (χ1v) is 6.84. The number of rotatable bonds is 3. The number of fused-ring (bicyclic) bond motifs is 1. The average molecular weight is 329 g/mol. The molecule has 2 heterocycles. The van der Waals surface area contributed by atoms with Crippen LogP contribution < -0.4 is 16.2 Å². The van der Waals surface area contributed by atoms with Crippen LogP contribution in [-0.4, -0.2) is 33.0 Å². The van der Waals surface area contributed by atoms with Crippen molar-refractivity contribution in [1.82, 2.24) is 15.0 Å². The van der Waals surface area contributed by atoms with Crippen LogP contribution in [0, 0.1) is 5.82 Å². The van der Waals surface area contributed by atoms with E-state index in [9.17, 15) is 19.1 Å². The van der Waals surface area contributed by atoms with Crippen LogP contribution in [0.25, 0.3) is 10.9 Å². The van der Waals surface area contributed by atoms with Gasteiger partial charge in [-0.2, -0.15) is 0 Å². The van der Waals surface area contributed by atoms with Crippen LogP contribution in [0.1, 0.15) is 10.4 Å². The molecule has 122 valence electrons. The number of aromatic hydroxyl groups is 1. The first-order chi connectivity index (χ1) is 11.5. The number of carbonyl (C=O) groups excluding carboxylic acids is 1. The fourth-order valence-electron chi connectivity index (χ4n) is 2.31. The number of aromatic amines is 1. The molecule has 0 unspecified atom stereocenters. The number of hydrogen-bond acceptors (Lipinski definition) is 6. The van der Waals surface area contributed by atoms with Crippen molar-refractivity contribution in [1.29, 1.82) is 0 Å².